The van der Waals surface area contributed by atoms with Crippen molar-refractivity contribution in [2.45, 2.75) is 44.6 Å². The maximum atomic E-state index is 10.3. The highest BCUT2D eigenvalue weighted by atomic mass is 16.7. The van der Waals surface area contributed by atoms with Gasteiger partial charge in [0.25, 0.3) is 0 Å². The van der Waals surface area contributed by atoms with Crippen molar-refractivity contribution >= 4 is 0 Å². The summed E-state index contributed by atoms with van der Waals surface area (Å²) in [6.07, 6.45) is -5.58. The van der Waals surface area contributed by atoms with Crippen molar-refractivity contribution in [1.82, 2.24) is 0 Å². The first-order chi connectivity index (χ1) is 13.8. The lowest BCUT2D eigenvalue weighted by atomic mass is 9.99. The number of hydrogen-bond acceptors (Lipinski definition) is 8. The summed E-state index contributed by atoms with van der Waals surface area (Å²) in [6.45, 7) is 3.29. The van der Waals surface area contributed by atoms with Gasteiger partial charge in [0.15, 0.2) is 0 Å². The van der Waals surface area contributed by atoms with Crippen LogP contribution in [0.3, 0.4) is 0 Å². The zero-order valence-electron chi connectivity index (χ0n) is 16.5. The second-order valence-corrected chi connectivity index (χ2v) is 7.11. The van der Waals surface area contributed by atoms with Crippen molar-refractivity contribution < 1.29 is 39.4 Å². The molecule has 1 aliphatic heterocycles. The minimum Gasteiger partial charge on any atom is -0.508 e. The van der Waals surface area contributed by atoms with Crippen LogP contribution in [0.4, 0.5) is 0 Å². The van der Waals surface area contributed by atoms with Gasteiger partial charge in [-0.05, 0) is 49.2 Å². The Bertz CT molecular complexity index is 817. The van der Waals surface area contributed by atoms with Gasteiger partial charge >= 0.3 is 0 Å². The minimum absolute atomic E-state index is 0.0968. The van der Waals surface area contributed by atoms with Crippen LogP contribution in [0, 0.1) is 13.8 Å². The number of aromatic hydroxyl groups is 1. The molecule has 0 bridgehead atoms. The van der Waals surface area contributed by atoms with E-state index in [-0.39, 0.29) is 5.75 Å². The number of phenols is 1. The standard InChI is InChI=1S/C21H26O8/c1-11-4-13(23)8-14(5-11)27-15-6-12(2)7-16(9-15)28-21-19(25)18(24)20(26-3)17(10-22)29-21/h4-9,17-25H,10H2,1-3H3/t17-,18-,19-,20-,21-/m1/s1. The van der Waals surface area contributed by atoms with Crippen molar-refractivity contribution in [2.24, 2.45) is 0 Å². The zero-order valence-corrected chi connectivity index (χ0v) is 16.5. The van der Waals surface area contributed by atoms with Crippen LogP contribution in [0.5, 0.6) is 23.0 Å². The summed E-state index contributed by atoms with van der Waals surface area (Å²) in [5.74, 6) is 1.37. The molecule has 29 heavy (non-hydrogen) atoms. The highest BCUT2D eigenvalue weighted by Gasteiger charge is 2.45. The Morgan fingerprint density at radius 2 is 1.52 bits per heavy atom. The van der Waals surface area contributed by atoms with Crippen molar-refractivity contribution in [3.05, 3.63) is 47.5 Å². The molecule has 4 N–H and O–H groups in total. The number of aliphatic hydroxyl groups is 3. The molecule has 0 aliphatic carbocycles. The molecule has 8 nitrogen and oxygen atoms in total. The largest absolute Gasteiger partial charge is 0.508 e. The summed E-state index contributed by atoms with van der Waals surface area (Å²) in [6, 6.07) is 10.0. The molecule has 1 aliphatic rings. The summed E-state index contributed by atoms with van der Waals surface area (Å²) >= 11 is 0. The third-order valence-electron chi connectivity index (χ3n) is 4.64. The van der Waals surface area contributed by atoms with E-state index in [0.29, 0.717) is 17.2 Å². The average molecular weight is 406 g/mol. The van der Waals surface area contributed by atoms with Gasteiger partial charge in [-0.3, -0.25) is 0 Å². The van der Waals surface area contributed by atoms with Crippen molar-refractivity contribution in [1.29, 1.82) is 0 Å². The molecule has 0 spiro atoms. The third-order valence-corrected chi connectivity index (χ3v) is 4.64. The number of hydrogen-bond donors (Lipinski definition) is 4. The van der Waals surface area contributed by atoms with Crippen LogP contribution < -0.4 is 9.47 Å². The van der Waals surface area contributed by atoms with Crippen molar-refractivity contribution in [2.75, 3.05) is 13.7 Å². The first-order valence-electron chi connectivity index (χ1n) is 9.23. The summed E-state index contributed by atoms with van der Waals surface area (Å²) in [5, 5.41) is 39.8. The second kappa shape index (κ2) is 8.98. The molecule has 8 heteroatoms. The van der Waals surface area contributed by atoms with Gasteiger partial charge in [0, 0.05) is 19.2 Å². The molecule has 0 unspecified atom stereocenters. The number of methoxy groups -OCH3 is 1. The molecule has 1 saturated heterocycles. The highest BCUT2D eigenvalue weighted by molar-refractivity contribution is 5.43. The molecule has 158 valence electrons. The van der Waals surface area contributed by atoms with E-state index in [4.69, 9.17) is 18.9 Å². The van der Waals surface area contributed by atoms with E-state index >= 15 is 0 Å². The fourth-order valence-corrected chi connectivity index (χ4v) is 3.34. The molecule has 0 amide bonds. The van der Waals surface area contributed by atoms with E-state index in [2.05, 4.69) is 0 Å². The van der Waals surface area contributed by atoms with Gasteiger partial charge in [0.2, 0.25) is 6.29 Å². The second-order valence-electron chi connectivity index (χ2n) is 7.11. The number of aryl methyl sites for hydroxylation is 2. The molecule has 2 aromatic rings. The Labute approximate surface area is 168 Å². The molecule has 1 heterocycles. The van der Waals surface area contributed by atoms with Gasteiger partial charge in [-0.25, -0.2) is 0 Å². The van der Waals surface area contributed by atoms with Crippen LogP contribution in [0.1, 0.15) is 11.1 Å². The van der Waals surface area contributed by atoms with E-state index in [1.807, 2.05) is 13.8 Å². The first-order valence-corrected chi connectivity index (χ1v) is 9.23. The Morgan fingerprint density at radius 1 is 0.897 bits per heavy atom. The number of rotatable bonds is 6. The van der Waals surface area contributed by atoms with E-state index in [9.17, 15) is 20.4 Å². The first kappa shape index (κ1) is 21.4. The summed E-state index contributed by atoms with van der Waals surface area (Å²) in [7, 11) is 1.36. The molecular formula is C21H26O8. The van der Waals surface area contributed by atoms with E-state index in [0.717, 1.165) is 11.1 Å². The van der Waals surface area contributed by atoms with Crippen LogP contribution in [0.15, 0.2) is 36.4 Å². The number of aliphatic hydroxyl groups excluding tert-OH is 3. The van der Waals surface area contributed by atoms with Gasteiger partial charge in [-0.15, -0.1) is 0 Å². The zero-order chi connectivity index (χ0) is 21.1. The Balaban J connectivity index is 1.79. The van der Waals surface area contributed by atoms with E-state index in [1.54, 1.807) is 30.3 Å². The highest BCUT2D eigenvalue weighted by Crippen LogP contribution is 2.32. The van der Waals surface area contributed by atoms with Gasteiger partial charge in [0.1, 0.15) is 47.4 Å². The van der Waals surface area contributed by atoms with Gasteiger partial charge in [-0.1, -0.05) is 0 Å². The lowest BCUT2D eigenvalue weighted by Gasteiger charge is -2.41. The maximum Gasteiger partial charge on any atom is 0.229 e. The molecule has 0 radical (unpaired) electrons. The molecule has 3 rings (SSSR count). The van der Waals surface area contributed by atoms with Crippen LogP contribution >= 0.6 is 0 Å². The molecular weight excluding hydrogens is 380 g/mol. The summed E-state index contributed by atoms with van der Waals surface area (Å²) < 4.78 is 22.2. The Hall–Kier alpha value is -2.36. The summed E-state index contributed by atoms with van der Waals surface area (Å²) in [4.78, 5) is 0. The quantitative estimate of drug-likeness (QED) is 0.572. The van der Waals surface area contributed by atoms with E-state index < -0.39 is 37.3 Å². The smallest absolute Gasteiger partial charge is 0.229 e. The third kappa shape index (κ3) is 4.98. The maximum absolute atomic E-state index is 10.3. The molecule has 1 fully saturated rings. The molecule has 2 aromatic carbocycles. The lowest BCUT2D eigenvalue weighted by molar-refractivity contribution is -0.281. The van der Waals surface area contributed by atoms with Crippen LogP contribution in [0.25, 0.3) is 0 Å². The molecule has 0 aromatic heterocycles. The number of benzene rings is 2. The topological polar surface area (TPSA) is 118 Å². The molecule has 0 saturated carbocycles. The fraction of sp³-hybridized carbons (Fsp3) is 0.429. The minimum atomic E-state index is -1.37. The SMILES string of the molecule is CO[C@H]1[C@H](O)[C@@H](O)[C@H](Oc2cc(C)cc(Oc3cc(C)cc(O)c3)c2)O[C@@H]1CO. The van der Waals surface area contributed by atoms with E-state index in [1.165, 1.54) is 13.2 Å². The van der Waals surface area contributed by atoms with Crippen LogP contribution in [-0.4, -0.2) is 64.8 Å². The average Bonchev–Trinajstić information content (AvgIpc) is 2.64. The van der Waals surface area contributed by atoms with Gasteiger partial charge in [0.05, 0.1) is 6.61 Å². The van der Waals surface area contributed by atoms with Gasteiger partial charge < -0.3 is 39.4 Å². The Morgan fingerprint density at radius 3 is 2.14 bits per heavy atom. The van der Waals surface area contributed by atoms with Crippen LogP contribution in [0.2, 0.25) is 0 Å². The Kier molecular flexibility index (Phi) is 6.61. The molecule has 5 atom stereocenters. The monoisotopic (exact) mass is 406 g/mol. The number of ether oxygens (including phenoxy) is 4. The predicted molar refractivity (Wildman–Crippen MR) is 103 cm³/mol. The van der Waals surface area contributed by atoms with Gasteiger partial charge in [-0.2, -0.15) is 0 Å². The van der Waals surface area contributed by atoms with Crippen molar-refractivity contribution in [3.63, 3.8) is 0 Å². The van der Waals surface area contributed by atoms with Crippen molar-refractivity contribution in [3.8, 4) is 23.0 Å². The fourth-order valence-electron chi connectivity index (χ4n) is 3.34. The predicted octanol–water partition coefficient (Wildman–Crippen LogP) is 1.63. The summed E-state index contributed by atoms with van der Waals surface area (Å²) in [5.41, 5.74) is 1.67. The lowest BCUT2D eigenvalue weighted by Crippen LogP contribution is -2.60. The number of phenolic OH excluding ortho intramolecular Hbond substituents is 1. The normalized spacial score (nSPS) is 26.9. The van der Waals surface area contributed by atoms with Crippen LogP contribution in [-0.2, 0) is 9.47 Å².